The first kappa shape index (κ1) is 17.9. The maximum absolute atomic E-state index is 5.51. The van der Waals surface area contributed by atoms with Crippen LogP contribution in [0.4, 0.5) is 0 Å². The normalized spacial score (nSPS) is 12.7. The molecule has 1 aromatic heterocycles. The van der Waals surface area contributed by atoms with Crippen molar-refractivity contribution in [3.8, 4) is 5.75 Å². The van der Waals surface area contributed by atoms with E-state index in [1.165, 1.54) is 5.56 Å². The predicted octanol–water partition coefficient (Wildman–Crippen LogP) is 2.57. The molecule has 0 aliphatic heterocycles. The zero-order chi connectivity index (χ0) is 15.8. The highest BCUT2D eigenvalue weighted by Gasteiger charge is 2.15. The fourth-order valence-electron chi connectivity index (χ4n) is 2.55. The van der Waals surface area contributed by atoms with Crippen LogP contribution in [0.3, 0.4) is 0 Å². The Kier molecular flexibility index (Phi) is 7.68. The number of hydrogen-bond donors (Lipinski definition) is 1. The third kappa shape index (κ3) is 5.64. The van der Waals surface area contributed by atoms with Gasteiger partial charge in [-0.2, -0.15) is 0 Å². The monoisotopic (exact) mass is 293 g/mol. The van der Waals surface area contributed by atoms with E-state index in [0.29, 0.717) is 6.04 Å². The molecule has 1 N–H and O–H groups in total. The Labute approximate surface area is 129 Å². The van der Waals surface area contributed by atoms with Gasteiger partial charge in [-0.1, -0.05) is 6.92 Å². The zero-order valence-corrected chi connectivity index (χ0v) is 14.5. The molecular formula is C17H31N3O. The molecule has 0 aromatic carbocycles. The molecule has 1 aromatic rings. The number of methoxy groups -OCH3 is 1. The van der Waals surface area contributed by atoms with Crippen molar-refractivity contribution >= 4 is 0 Å². The van der Waals surface area contributed by atoms with Crippen LogP contribution in [-0.4, -0.2) is 50.2 Å². The number of hydrogen-bond acceptors (Lipinski definition) is 4. The maximum Gasteiger partial charge on any atom is 0.128 e. The number of pyridine rings is 1. The summed E-state index contributed by atoms with van der Waals surface area (Å²) in [6.45, 7) is 8.50. The molecule has 0 fully saturated rings. The summed E-state index contributed by atoms with van der Waals surface area (Å²) in [5.41, 5.74) is 3.42. The van der Waals surface area contributed by atoms with Crippen molar-refractivity contribution in [2.24, 2.45) is 0 Å². The highest BCUT2D eigenvalue weighted by Crippen LogP contribution is 2.24. The summed E-state index contributed by atoms with van der Waals surface area (Å²) in [6, 6.07) is 0.464. The zero-order valence-electron chi connectivity index (χ0n) is 14.5. The van der Waals surface area contributed by atoms with Crippen LogP contribution < -0.4 is 10.1 Å². The van der Waals surface area contributed by atoms with E-state index in [-0.39, 0.29) is 0 Å². The van der Waals surface area contributed by atoms with E-state index in [1.54, 1.807) is 7.11 Å². The third-order valence-corrected chi connectivity index (χ3v) is 3.80. The number of nitrogens with zero attached hydrogens (tertiary/aromatic N) is 2. The first-order valence-corrected chi connectivity index (χ1v) is 7.86. The van der Waals surface area contributed by atoms with Crippen LogP contribution in [0.2, 0.25) is 0 Å². The summed E-state index contributed by atoms with van der Waals surface area (Å²) < 4.78 is 5.51. The molecule has 0 aliphatic carbocycles. The van der Waals surface area contributed by atoms with Crippen molar-refractivity contribution in [2.75, 3.05) is 34.3 Å². The van der Waals surface area contributed by atoms with Gasteiger partial charge in [-0.25, -0.2) is 0 Å². The van der Waals surface area contributed by atoms with Gasteiger partial charge in [0.2, 0.25) is 0 Å². The molecule has 0 saturated heterocycles. The van der Waals surface area contributed by atoms with Crippen molar-refractivity contribution < 1.29 is 4.74 Å². The van der Waals surface area contributed by atoms with Gasteiger partial charge in [0.1, 0.15) is 5.75 Å². The summed E-state index contributed by atoms with van der Waals surface area (Å²) in [7, 11) is 5.97. The van der Waals surface area contributed by atoms with Crippen LogP contribution in [0.25, 0.3) is 0 Å². The lowest BCUT2D eigenvalue weighted by atomic mass is 10.0. The molecule has 1 heterocycles. The van der Waals surface area contributed by atoms with Gasteiger partial charge in [0.15, 0.2) is 0 Å². The van der Waals surface area contributed by atoms with Gasteiger partial charge in [-0.05, 0) is 53.9 Å². The van der Waals surface area contributed by atoms with Gasteiger partial charge in [0, 0.05) is 35.5 Å². The van der Waals surface area contributed by atoms with E-state index in [1.807, 2.05) is 13.1 Å². The van der Waals surface area contributed by atoms with Crippen molar-refractivity contribution in [3.05, 3.63) is 23.0 Å². The standard InChI is InChI=1S/C17H31N3O/c1-7-9-18-15(8-10-20(4)5)11-16-14(3)17(21-6)13(2)12-19-16/h12,15,18H,7-11H2,1-6H3. The van der Waals surface area contributed by atoms with Gasteiger partial charge < -0.3 is 15.0 Å². The smallest absolute Gasteiger partial charge is 0.128 e. The molecule has 0 saturated carbocycles. The number of aromatic nitrogens is 1. The van der Waals surface area contributed by atoms with E-state index < -0.39 is 0 Å². The van der Waals surface area contributed by atoms with Gasteiger partial charge in [-0.3, -0.25) is 4.98 Å². The molecule has 120 valence electrons. The topological polar surface area (TPSA) is 37.4 Å². The Morgan fingerprint density at radius 2 is 2.05 bits per heavy atom. The van der Waals surface area contributed by atoms with E-state index in [4.69, 9.17) is 4.74 Å². The molecule has 4 nitrogen and oxygen atoms in total. The van der Waals surface area contributed by atoms with Crippen LogP contribution in [0.5, 0.6) is 5.75 Å². The molecule has 21 heavy (non-hydrogen) atoms. The lowest BCUT2D eigenvalue weighted by molar-refractivity contribution is 0.354. The molecular weight excluding hydrogens is 262 g/mol. The minimum Gasteiger partial charge on any atom is -0.496 e. The fourth-order valence-corrected chi connectivity index (χ4v) is 2.55. The maximum atomic E-state index is 5.51. The van der Waals surface area contributed by atoms with Gasteiger partial charge in [-0.15, -0.1) is 0 Å². The summed E-state index contributed by atoms with van der Waals surface area (Å²) in [4.78, 5) is 6.86. The average Bonchev–Trinajstić information content (AvgIpc) is 2.44. The largest absolute Gasteiger partial charge is 0.496 e. The molecule has 1 atom stereocenters. The Morgan fingerprint density at radius 3 is 2.62 bits per heavy atom. The Morgan fingerprint density at radius 1 is 1.33 bits per heavy atom. The SMILES string of the molecule is CCCNC(CCN(C)C)Cc1ncc(C)c(OC)c1C. The summed E-state index contributed by atoms with van der Waals surface area (Å²) >= 11 is 0. The fraction of sp³-hybridized carbons (Fsp3) is 0.706. The van der Waals surface area contributed by atoms with Gasteiger partial charge >= 0.3 is 0 Å². The lowest BCUT2D eigenvalue weighted by Crippen LogP contribution is -2.35. The first-order chi connectivity index (χ1) is 9.99. The Balaban J connectivity index is 2.81. The van der Waals surface area contributed by atoms with E-state index in [9.17, 15) is 0 Å². The number of nitrogens with one attached hydrogen (secondary N) is 1. The summed E-state index contributed by atoms with van der Waals surface area (Å²) in [6.07, 6.45) is 5.16. The van der Waals surface area contributed by atoms with Crippen LogP contribution in [0.1, 0.15) is 36.6 Å². The number of aryl methyl sites for hydroxylation is 1. The molecule has 0 amide bonds. The molecule has 0 spiro atoms. The molecule has 4 heteroatoms. The molecule has 1 rings (SSSR count). The third-order valence-electron chi connectivity index (χ3n) is 3.80. The van der Waals surface area contributed by atoms with Gasteiger partial charge in [0.25, 0.3) is 0 Å². The molecule has 1 unspecified atom stereocenters. The first-order valence-electron chi connectivity index (χ1n) is 7.86. The van der Waals surface area contributed by atoms with Crippen LogP contribution in [0.15, 0.2) is 6.20 Å². The second-order valence-corrected chi connectivity index (χ2v) is 5.99. The van der Waals surface area contributed by atoms with Gasteiger partial charge in [0.05, 0.1) is 7.11 Å². The molecule has 0 bridgehead atoms. The van der Waals surface area contributed by atoms with E-state index in [2.05, 4.69) is 43.1 Å². The van der Waals surface area contributed by atoms with Crippen LogP contribution >= 0.6 is 0 Å². The molecule has 0 aliphatic rings. The molecule has 0 radical (unpaired) electrons. The Bertz CT molecular complexity index is 432. The van der Waals surface area contributed by atoms with Crippen molar-refractivity contribution in [1.29, 1.82) is 0 Å². The van der Waals surface area contributed by atoms with E-state index in [0.717, 1.165) is 49.4 Å². The van der Waals surface area contributed by atoms with Crippen molar-refractivity contribution in [1.82, 2.24) is 15.2 Å². The second kappa shape index (κ2) is 9.00. The minimum absolute atomic E-state index is 0.464. The second-order valence-electron chi connectivity index (χ2n) is 5.99. The summed E-state index contributed by atoms with van der Waals surface area (Å²) in [5.74, 6) is 0.974. The van der Waals surface area contributed by atoms with Crippen LogP contribution in [-0.2, 0) is 6.42 Å². The van der Waals surface area contributed by atoms with E-state index >= 15 is 0 Å². The van der Waals surface area contributed by atoms with Crippen molar-refractivity contribution in [3.63, 3.8) is 0 Å². The minimum atomic E-state index is 0.464. The number of ether oxygens (including phenoxy) is 1. The highest BCUT2D eigenvalue weighted by atomic mass is 16.5. The lowest BCUT2D eigenvalue weighted by Gasteiger charge is -2.22. The van der Waals surface area contributed by atoms with Crippen molar-refractivity contribution in [2.45, 2.75) is 46.1 Å². The number of rotatable bonds is 9. The predicted molar refractivity (Wildman–Crippen MR) is 89.2 cm³/mol. The Hall–Kier alpha value is -1.13. The van der Waals surface area contributed by atoms with Crippen LogP contribution in [0, 0.1) is 13.8 Å². The average molecular weight is 293 g/mol. The quantitative estimate of drug-likeness (QED) is 0.759. The highest BCUT2D eigenvalue weighted by molar-refractivity contribution is 5.41. The summed E-state index contributed by atoms with van der Waals surface area (Å²) in [5, 5.41) is 3.65.